The van der Waals surface area contributed by atoms with Crippen LogP contribution in [0.25, 0.3) is 0 Å². The van der Waals surface area contributed by atoms with Gasteiger partial charge in [-0.15, -0.1) is 0 Å². The van der Waals surface area contributed by atoms with Gasteiger partial charge in [0.2, 0.25) is 0 Å². The summed E-state index contributed by atoms with van der Waals surface area (Å²) in [6, 6.07) is 15.6. The van der Waals surface area contributed by atoms with Crippen molar-refractivity contribution in [2.45, 2.75) is 68.6 Å². The summed E-state index contributed by atoms with van der Waals surface area (Å²) in [6.07, 6.45) is 12.8. The number of nitrogens with zero attached hydrogens (tertiary/aromatic N) is 2. The minimum Gasteiger partial charge on any atom is -0.490 e. The molecule has 47 heavy (non-hydrogen) atoms. The van der Waals surface area contributed by atoms with Crippen molar-refractivity contribution in [1.29, 1.82) is 0 Å². The highest BCUT2D eigenvalue weighted by molar-refractivity contribution is 7.99. The average Bonchev–Trinajstić information content (AvgIpc) is 3.19. The Labute approximate surface area is 283 Å². The first-order valence-corrected chi connectivity index (χ1v) is 19.0. The number of ether oxygens (including phenoxy) is 1. The summed E-state index contributed by atoms with van der Waals surface area (Å²) in [4.78, 5) is 20.4. The lowest BCUT2D eigenvalue weighted by Crippen LogP contribution is -2.51. The quantitative estimate of drug-likeness (QED) is 0.227. The van der Waals surface area contributed by atoms with Crippen LogP contribution in [0.3, 0.4) is 0 Å². The number of nitrogens with one attached hydrogen (secondary N) is 1. The van der Waals surface area contributed by atoms with E-state index in [9.17, 15) is 14.1 Å². The second-order valence-corrected chi connectivity index (χ2v) is 17.1. The summed E-state index contributed by atoms with van der Waals surface area (Å²) < 4.78 is 23.3. The van der Waals surface area contributed by atoms with Crippen LogP contribution in [0.15, 0.2) is 73.1 Å². The molecule has 1 aromatic heterocycles. The molecule has 2 bridgehead atoms. The molecule has 2 aromatic carbocycles. The van der Waals surface area contributed by atoms with Crippen LogP contribution in [0.5, 0.6) is 5.75 Å². The second-order valence-electron chi connectivity index (χ2n) is 14.3. The summed E-state index contributed by atoms with van der Waals surface area (Å²) in [5.41, 5.74) is 3.08. The van der Waals surface area contributed by atoms with Crippen LogP contribution in [0.4, 0.5) is 5.69 Å². The van der Waals surface area contributed by atoms with Crippen molar-refractivity contribution in [3.05, 3.63) is 100 Å². The van der Waals surface area contributed by atoms with Gasteiger partial charge in [0.05, 0.1) is 22.0 Å². The summed E-state index contributed by atoms with van der Waals surface area (Å²) >= 11 is 6.45. The Kier molecular flexibility index (Phi) is 8.42. The Morgan fingerprint density at radius 1 is 1.17 bits per heavy atom. The minimum absolute atomic E-state index is 0.0341. The van der Waals surface area contributed by atoms with Crippen LogP contribution in [0.1, 0.15) is 73.0 Å². The van der Waals surface area contributed by atoms with Gasteiger partial charge >= 0.3 is 0 Å². The Bertz CT molecular complexity index is 1810. The maximum absolute atomic E-state index is 13.8. The zero-order valence-corrected chi connectivity index (χ0v) is 28.7. The number of rotatable bonds is 1. The molecule has 2 N–H and O–H groups in total. The van der Waals surface area contributed by atoms with Crippen molar-refractivity contribution < 1.29 is 18.8 Å². The van der Waals surface area contributed by atoms with Crippen molar-refractivity contribution >= 4 is 38.8 Å². The molecule has 7 atom stereocenters. The maximum atomic E-state index is 13.8. The molecule has 9 heteroatoms. The molecule has 7 rings (SSSR count). The monoisotopic (exact) mass is 673 g/mol. The van der Waals surface area contributed by atoms with Gasteiger partial charge in [-0.2, -0.15) is 0 Å². The van der Waals surface area contributed by atoms with E-state index in [1.165, 1.54) is 11.1 Å². The van der Waals surface area contributed by atoms with E-state index in [1.54, 1.807) is 18.5 Å². The number of aromatic nitrogens is 1. The Morgan fingerprint density at radius 3 is 2.79 bits per heavy atom. The van der Waals surface area contributed by atoms with E-state index >= 15 is 0 Å². The van der Waals surface area contributed by atoms with Crippen molar-refractivity contribution in [2.75, 3.05) is 24.6 Å². The molecule has 0 saturated heterocycles. The average molecular weight is 674 g/mol. The van der Waals surface area contributed by atoms with E-state index in [0.717, 1.165) is 54.1 Å². The van der Waals surface area contributed by atoms with E-state index in [1.807, 2.05) is 56.3 Å². The number of allylic oxidation sites excluding steroid dienone is 1. The summed E-state index contributed by atoms with van der Waals surface area (Å²) in [6.45, 7) is 5.77. The maximum Gasteiger partial charge on any atom is 0.262 e. The highest BCUT2D eigenvalue weighted by Gasteiger charge is 2.49. The van der Waals surface area contributed by atoms with Crippen LogP contribution in [-0.2, 0) is 27.1 Å². The smallest absolute Gasteiger partial charge is 0.262 e. The third kappa shape index (κ3) is 5.87. The lowest BCUT2D eigenvalue weighted by atomic mass is 9.62. The largest absolute Gasteiger partial charge is 0.490 e. The van der Waals surface area contributed by atoms with Gasteiger partial charge in [0.1, 0.15) is 11.4 Å². The molecule has 1 amide bonds. The van der Waals surface area contributed by atoms with Crippen LogP contribution in [-0.4, -0.2) is 51.0 Å². The second kappa shape index (κ2) is 12.3. The normalized spacial score (nSPS) is 34.6. The summed E-state index contributed by atoms with van der Waals surface area (Å²) in [5.74, 6) is 4.40. The van der Waals surface area contributed by atoms with Crippen molar-refractivity contribution in [1.82, 2.24) is 9.71 Å². The first-order valence-electron chi connectivity index (χ1n) is 16.8. The van der Waals surface area contributed by atoms with Crippen LogP contribution in [0, 0.1) is 17.8 Å². The number of pyridine rings is 1. The fraction of sp³-hybridized carbons (Fsp3) is 0.447. The van der Waals surface area contributed by atoms with Gasteiger partial charge in [-0.05, 0) is 111 Å². The van der Waals surface area contributed by atoms with E-state index in [-0.39, 0.29) is 23.2 Å². The number of carbonyl (C=O) groups excluding carboxylic acids is 1. The van der Waals surface area contributed by atoms with E-state index in [0.29, 0.717) is 31.7 Å². The van der Waals surface area contributed by atoms with Crippen molar-refractivity contribution in [2.24, 2.45) is 17.8 Å². The zero-order chi connectivity index (χ0) is 33.0. The number of amides is 1. The Hall–Kier alpha value is -3.33. The van der Waals surface area contributed by atoms with Gasteiger partial charge in [0.25, 0.3) is 5.91 Å². The minimum atomic E-state index is -2.99. The molecular weight excluding hydrogens is 630 g/mol. The van der Waals surface area contributed by atoms with Gasteiger partial charge in [0.15, 0.2) is 0 Å². The van der Waals surface area contributed by atoms with Crippen molar-refractivity contribution in [3.63, 3.8) is 0 Å². The molecule has 3 aromatic rings. The highest BCUT2D eigenvalue weighted by Crippen LogP contribution is 2.50. The highest BCUT2D eigenvalue weighted by atomic mass is 35.5. The standard InChI is InChI=1S/C38H44ClN3O4S/c1-25-7-4-17-38(44,30-9-6-18-40-21-30)33-13-10-29(33)22-42-23-37(16-5-8-27-19-31(39)12-14-32(27)37)24-46-35-15-11-28(20-34(35)42)36(43)41-47(3,45)26(25)2/h4,6,9,11-12,14-15,17-21,25-26,29,33,44H,3,5,7-8,10,13,16,22-24H2,1-2H3,(H,41,43,45)/b17-4+/t25-,26+,29-,33+,37-,38-,47?/m0/s1. The molecule has 0 radical (unpaired) electrons. The first-order chi connectivity index (χ1) is 22.5. The Morgan fingerprint density at radius 2 is 2.02 bits per heavy atom. The molecule has 3 heterocycles. The number of halogens is 1. The van der Waals surface area contributed by atoms with Crippen LogP contribution < -0.4 is 14.4 Å². The van der Waals surface area contributed by atoms with Gasteiger partial charge in [-0.3, -0.25) is 14.5 Å². The lowest BCUT2D eigenvalue weighted by Gasteiger charge is -2.49. The number of aryl methyl sites for hydroxylation is 1. The SMILES string of the molecule is C=S1(=O)NC(=O)c2ccc3c(c2)N(C[C@@H]2CC[C@H]2[C@@](O)(c2cccnc2)/C=C/C[C@H](C)[C@H]1C)C[C@@]1(CCCc2cc(Cl)ccc21)CO3. The van der Waals surface area contributed by atoms with E-state index in [4.69, 9.17) is 16.3 Å². The van der Waals surface area contributed by atoms with E-state index < -0.39 is 26.5 Å². The number of anilines is 1. The number of carbonyl (C=O) groups is 1. The summed E-state index contributed by atoms with van der Waals surface area (Å²) in [7, 11) is -2.99. The first kappa shape index (κ1) is 32.2. The molecule has 1 fully saturated rings. The topological polar surface area (TPSA) is 91.8 Å². The number of aliphatic hydroxyl groups is 1. The molecular formula is C38H44ClN3O4S. The van der Waals surface area contributed by atoms with Crippen LogP contribution in [0.2, 0.25) is 5.02 Å². The van der Waals surface area contributed by atoms with Gasteiger partial charge in [-0.25, -0.2) is 4.21 Å². The third-order valence-electron chi connectivity index (χ3n) is 11.4. The molecule has 4 aliphatic rings. The molecule has 2 aliphatic heterocycles. The molecule has 7 nitrogen and oxygen atoms in total. The molecule has 2 aliphatic carbocycles. The fourth-order valence-electron chi connectivity index (χ4n) is 8.28. The molecule has 1 saturated carbocycles. The fourth-order valence-corrected chi connectivity index (χ4v) is 9.95. The lowest BCUT2D eigenvalue weighted by molar-refractivity contribution is -0.0502. The molecule has 248 valence electrons. The van der Waals surface area contributed by atoms with Gasteiger partial charge < -0.3 is 14.7 Å². The number of hydrogen-bond acceptors (Lipinski definition) is 6. The molecule has 1 spiro atoms. The van der Waals surface area contributed by atoms with Gasteiger partial charge in [0, 0.05) is 58.2 Å². The van der Waals surface area contributed by atoms with Crippen LogP contribution >= 0.6 is 11.6 Å². The van der Waals surface area contributed by atoms with E-state index in [2.05, 4.69) is 32.6 Å². The molecule has 1 unspecified atom stereocenters. The predicted octanol–water partition coefficient (Wildman–Crippen LogP) is 6.47. The predicted molar refractivity (Wildman–Crippen MR) is 190 cm³/mol. The number of hydrogen-bond donors (Lipinski definition) is 2. The number of benzene rings is 2. The van der Waals surface area contributed by atoms with Gasteiger partial charge in [-0.1, -0.05) is 42.8 Å². The third-order valence-corrected chi connectivity index (χ3v) is 13.8. The van der Waals surface area contributed by atoms with Crippen molar-refractivity contribution in [3.8, 4) is 5.75 Å². The zero-order valence-electron chi connectivity index (χ0n) is 27.2. The number of fused-ring (bicyclic) bond motifs is 4. The Balaban J connectivity index is 1.35. The summed E-state index contributed by atoms with van der Waals surface area (Å²) in [5, 5.41) is 12.9.